The Kier molecular flexibility index (Phi) is 5.30. The summed E-state index contributed by atoms with van der Waals surface area (Å²) in [4.78, 5) is 20.1. The summed E-state index contributed by atoms with van der Waals surface area (Å²) in [6, 6.07) is 7.44. The summed E-state index contributed by atoms with van der Waals surface area (Å²) in [5, 5.41) is 9.44. The van der Waals surface area contributed by atoms with Crippen LogP contribution in [0.4, 0.5) is 4.39 Å². The summed E-state index contributed by atoms with van der Waals surface area (Å²) in [5.74, 6) is -0.257. The van der Waals surface area contributed by atoms with Gasteiger partial charge in [-0.3, -0.25) is 19.9 Å². The number of nitrogens with zero attached hydrogens (tertiary/aromatic N) is 3. The molecule has 1 aromatic carbocycles. The van der Waals surface area contributed by atoms with Crippen molar-refractivity contribution >= 4 is 5.91 Å². The molecule has 0 saturated heterocycles. The van der Waals surface area contributed by atoms with Gasteiger partial charge in [0.2, 0.25) is 0 Å². The summed E-state index contributed by atoms with van der Waals surface area (Å²) in [7, 11) is 0. The molecule has 1 amide bonds. The molecule has 7 nitrogen and oxygen atoms in total. The molecule has 0 radical (unpaired) electrons. The van der Waals surface area contributed by atoms with Gasteiger partial charge in [-0.25, -0.2) is 4.39 Å². The Hall–Kier alpha value is -3.29. The van der Waals surface area contributed by atoms with E-state index >= 15 is 0 Å². The maximum Gasteiger partial charge on any atom is 0.271 e. The average Bonchev–Trinajstić information content (AvgIpc) is 3.10. The maximum atomic E-state index is 13.1. The van der Waals surface area contributed by atoms with E-state index in [4.69, 9.17) is 4.74 Å². The number of rotatable bonds is 7. The lowest BCUT2D eigenvalue weighted by atomic mass is 10.3. The number of aromatic nitrogens is 4. The van der Waals surface area contributed by atoms with Crippen LogP contribution in [0.15, 0.2) is 48.9 Å². The van der Waals surface area contributed by atoms with Crippen molar-refractivity contribution in [1.29, 1.82) is 0 Å². The molecule has 0 fully saturated rings. The molecule has 128 valence electrons. The largest absolute Gasteiger partial charge is 0.487 e. The number of ether oxygens (including phenoxy) is 1. The summed E-state index contributed by atoms with van der Waals surface area (Å²) < 4.78 is 18.5. The molecule has 0 aliphatic heterocycles. The Balaban J connectivity index is 1.48. The first-order chi connectivity index (χ1) is 12.2. The first kappa shape index (κ1) is 16.6. The van der Waals surface area contributed by atoms with Crippen molar-refractivity contribution in [3.05, 3.63) is 71.8 Å². The minimum Gasteiger partial charge on any atom is -0.487 e. The Morgan fingerprint density at radius 3 is 3.00 bits per heavy atom. The van der Waals surface area contributed by atoms with Gasteiger partial charge < -0.3 is 10.1 Å². The van der Waals surface area contributed by atoms with Crippen molar-refractivity contribution in [3.8, 4) is 5.75 Å². The number of H-pyrrole nitrogens is 1. The van der Waals surface area contributed by atoms with Gasteiger partial charge in [-0.05, 0) is 18.2 Å². The second-order valence-electron chi connectivity index (χ2n) is 5.23. The lowest BCUT2D eigenvalue weighted by molar-refractivity contribution is 0.0949. The quantitative estimate of drug-likeness (QED) is 0.684. The zero-order valence-corrected chi connectivity index (χ0v) is 13.3. The molecule has 2 aromatic heterocycles. The topological polar surface area (TPSA) is 92.8 Å². The van der Waals surface area contributed by atoms with Crippen molar-refractivity contribution in [3.63, 3.8) is 0 Å². The van der Waals surface area contributed by atoms with Crippen LogP contribution in [0, 0.1) is 5.82 Å². The van der Waals surface area contributed by atoms with Gasteiger partial charge in [0.25, 0.3) is 5.91 Å². The lowest BCUT2D eigenvalue weighted by Gasteiger charge is -2.03. The second kappa shape index (κ2) is 8.00. The highest BCUT2D eigenvalue weighted by atomic mass is 19.1. The van der Waals surface area contributed by atoms with Crippen LogP contribution < -0.4 is 10.1 Å². The van der Waals surface area contributed by atoms with E-state index in [1.165, 1.54) is 12.1 Å². The molecule has 2 N–H and O–H groups in total. The molecule has 0 atom stereocenters. The van der Waals surface area contributed by atoms with Gasteiger partial charge in [-0.2, -0.15) is 5.10 Å². The lowest BCUT2D eigenvalue weighted by Crippen LogP contribution is -2.26. The highest BCUT2D eigenvalue weighted by Gasteiger charge is 2.10. The number of benzene rings is 1. The van der Waals surface area contributed by atoms with Crippen LogP contribution in [0.25, 0.3) is 0 Å². The Bertz CT molecular complexity index is 838. The molecule has 2 heterocycles. The fourth-order valence-corrected chi connectivity index (χ4v) is 2.12. The SMILES string of the molecule is O=C(NCCc1cnccn1)c1cc(COc2cccc(F)c2)[nH]n1. The summed E-state index contributed by atoms with van der Waals surface area (Å²) in [5.41, 5.74) is 1.68. The fraction of sp³-hybridized carbons (Fsp3) is 0.176. The molecule has 0 saturated carbocycles. The van der Waals surface area contributed by atoms with E-state index in [0.29, 0.717) is 24.4 Å². The van der Waals surface area contributed by atoms with Crippen molar-refractivity contribution in [2.24, 2.45) is 0 Å². The van der Waals surface area contributed by atoms with Crippen molar-refractivity contribution in [1.82, 2.24) is 25.5 Å². The monoisotopic (exact) mass is 341 g/mol. The van der Waals surface area contributed by atoms with Crippen LogP contribution in [-0.4, -0.2) is 32.6 Å². The molecule has 0 bridgehead atoms. The fourth-order valence-electron chi connectivity index (χ4n) is 2.12. The van der Waals surface area contributed by atoms with Gasteiger partial charge in [-0.15, -0.1) is 0 Å². The molecule has 0 unspecified atom stereocenters. The second-order valence-corrected chi connectivity index (χ2v) is 5.23. The molecule has 3 rings (SSSR count). The van der Waals surface area contributed by atoms with E-state index in [1.54, 1.807) is 36.8 Å². The Labute approximate surface area is 143 Å². The molecule has 0 aliphatic carbocycles. The molecule has 25 heavy (non-hydrogen) atoms. The molecule has 8 heteroatoms. The Morgan fingerprint density at radius 1 is 1.28 bits per heavy atom. The minimum absolute atomic E-state index is 0.156. The van der Waals surface area contributed by atoms with Gasteiger partial charge in [0.05, 0.1) is 11.4 Å². The Morgan fingerprint density at radius 2 is 2.20 bits per heavy atom. The van der Waals surface area contributed by atoms with E-state index in [2.05, 4.69) is 25.5 Å². The van der Waals surface area contributed by atoms with Gasteiger partial charge in [-0.1, -0.05) is 6.07 Å². The normalized spacial score (nSPS) is 10.4. The van der Waals surface area contributed by atoms with Crippen LogP contribution in [0.2, 0.25) is 0 Å². The number of amides is 1. The standard InChI is InChI=1S/C17H16FN5O2/c18-12-2-1-3-15(8-12)25-11-14-9-16(23-22-14)17(24)21-5-4-13-10-19-6-7-20-13/h1-3,6-10H,4-5,11H2,(H,21,24)(H,22,23). The average molecular weight is 341 g/mol. The van der Waals surface area contributed by atoms with Gasteiger partial charge in [0.1, 0.15) is 23.9 Å². The number of aromatic amines is 1. The molecule has 3 aromatic rings. The number of carbonyl (C=O) groups excluding carboxylic acids is 1. The van der Waals surface area contributed by atoms with Crippen LogP contribution in [-0.2, 0) is 13.0 Å². The van der Waals surface area contributed by atoms with Gasteiger partial charge in [0.15, 0.2) is 0 Å². The smallest absolute Gasteiger partial charge is 0.271 e. The van der Waals surface area contributed by atoms with E-state index in [9.17, 15) is 9.18 Å². The van der Waals surface area contributed by atoms with Crippen LogP contribution in [0.1, 0.15) is 21.9 Å². The zero-order valence-electron chi connectivity index (χ0n) is 13.3. The van der Waals surface area contributed by atoms with Crippen LogP contribution in [0.3, 0.4) is 0 Å². The molecular weight excluding hydrogens is 325 g/mol. The maximum absolute atomic E-state index is 13.1. The molecular formula is C17H16FN5O2. The number of halogens is 1. The van der Waals surface area contributed by atoms with Crippen molar-refractivity contribution in [2.75, 3.05) is 6.54 Å². The summed E-state index contributed by atoms with van der Waals surface area (Å²) >= 11 is 0. The number of carbonyl (C=O) groups is 1. The number of hydrogen-bond donors (Lipinski definition) is 2. The third-order valence-corrected chi connectivity index (χ3v) is 3.34. The third kappa shape index (κ3) is 4.84. The number of nitrogens with one attached hydrogen (secondary N) is 2. The highest BCUT2D eigenvalue weighted by Crippen LogP contribution is 2.13. The van der Waals surface area contributed by atoms with E-state index in [-0.39, 0.29) is 24.0 Å². The first-order valence-corrected chi connectivity index (χ1v) is 7.66. The first-order valence-electron chi connectivity index (χ1n) is 7.66. The van der Waals surface area contributed by atoms with Gasteiger partial charge in [0, 0.05) is 37.6 Å². The minimum atomic E-state index is -0.370. The van der Waals surface area contributed by atoms with Gasteiger partial charge >= 0.3 is 0 Å². The predicted octanol–water partition coefficient (Wildman–Crippen LogP) is 1.89. The van der Waals surface area contributed by atoms with Crippen molar-refractivity contribution in [2.45, 2.75) is 13.0 Å². The zero-order chi connectivity index (χ0) is 17.5. The van der Waals surface area contributed by atoms with Crippen LogP contribution in [0.5, 0.6) is 5.75 Å². The molecule has 0 aliphatic rings. The predicted molar refractivity (Wildman–Crippen MR) is 87.4 cm³/mol. The van der Waals surface area contributed by atoms with Crippen LogP contribution >= 0.6 is 0 Å². The molecule has 0 spiro atoms. The van der Waals surface area contributed by atoms with Crippen molar-refractivity contribution < 1.29 is 13.9 Å². The van der Waals surface area contributed by atoms with E-state index in [1.807, 2.05) is 0 Å². The highest BCUT2D eigenvalue weighted by molar-refractivity contribution is 5.92. The number of hydrogen-bond acceptors (Lipinski definition) is 5. The third-order valence-electron chi connectivity index (χ3n) is 3.34. The van der Waals surface area contributed by atoms with E-state index in [0.717, 1.165) is 5.69 Å². The summed E-state index contributed by atoms with van der Waals surface area (Å²) in [6.07, 6.45) is 5.44. The van der Waals surface area contributed by atoms with E-state index < -0.39 is 0 Å². The summed E-state index contributed by atoms with van der Waals surface area (Å²) in [6.45, 7) is 0.586.